The molecular formula is C14H29N3O2. The molecule has 0 atom stereocenters. The van der Waals surface area contributed by atoms with Crippen LogP contribution in [0, 0.1) is 5.92 Å². The number of unbranched alkanes of at least 4 members (excludes halogenated alkanes) is 1. The summed E-state index contributed by atoms with van der Waals surface area (Å²) in [6.45, 7) is 6.85. The molecule has 0 unspecified atom stereocenters. The number of hydrogen-bond acceptors (Lipinski definition) is 3. The van der Waals surface area contributed by atoms with Gasteiger partial charge in [0.15, 0.2) is 5.96 Å². The summed E-state index contributed by atoms with van der Waals surface area (Å²) in [4.78, 5) is 4.17. The smallest absolute Gasteiger partial charge is 0.191 e. The van der Waals surface area contributed by atoms with Gasteiger partial charge in [0.2, 0.25) is 0 Å². The summed E-state index contributed by atoms with van der Waals surface area (Å²) in [6, 6.07) is 0. The van der Waals surface area contributed by atoms with Crippen LogP contribution in [0.2, 0.25) is 0 Å². The number of aliphatic imine (C=N–C) groups is 1. The second-order valence-electron chi connectivity index (χ2n) is 4.90. The summed E-state index contributed by atoms with van der Waals surface area (Å²) in [5.41, 5.74) is 0. The van der Waals surface area contributed by atoms with E-state index in [9.17, 15) is 0 Å². The lowest BCUT2D eigenvalue weighted by atomic mass is 10.4. The molecule has 1 rings (SSSR count). The van der Waals surface area contributed by atoms with Gasteiger partial charge in [-0.25, -0.2) is 0 Å². The lowest BCUT2D eigenvalue weighted by Crippen LogP contribution is -2.39. The van der Waals surface area contributed by atoms with Gasteiger partial charge in [0.1, 0.15) is 0 Å². The topological polar surface area (TPSA) is 54.9 Å². The van der Waals surface area contributed by atoms with Crippen LogP contribution < -0.4 is 10.6 Å². The van der Waals surface area contributed by atoms with Crippen molar-refractivity contribution in [2.75, 3.05) is 46.6 Å². The highest BCUT2D eigenvalue weighted by atomic mass is 16.5. The van der Waals surface area contributed by atoms with Gasteiger partial charge in [0.05, 0.1) is 19.8 Å². The van der Waals surface area contributed by atoms with Crippen molar-refractivity contribution in [3.8, 4) is 0 Å². The van der Waals surface area contributed by atoms with Crippen molar-refractivity contribution in [2.24, 2.45) is 10.9 Å². The van der Waals surface area contributed by atoms with E-state index in [1.165, 1.54) is 19.3 Å². The number of nitrogens with zero attached hydrogens (tertiary/aromatic N) is 1. The SMILES string of the molecule is CCCCOCCOCCNC(=NC)NCC1CC1. The summed E-state index contributed by atoms with van der Waals surface area (Å²) in [5.74, 6) is 1.73. The molecule has 0 spiro atoms. The summed E-state index contributed by atoms with van der Waals surface area (Å²) in [6.07, 6.45) is 5.01. The van der Waals surface area contributed by atoms with Crippen LogP contribution in [-0.2, 0) is 9.47 Å². The van der Waals surface area contributed by atoms with Crippen molar-refractivity contribution >= 4 is 5.96 Å². The van der Waals surface area contributed by atoms with Crippen molar-refractivity contribution in [1.29, 1.82) is 0 Å². The number of nitrogens with one attached hydrogen (secondary N) is 2. The third-order valence-corrected chi connectivity index (χ3v) is 3.03. The first-order chi connectivity index (χ1) is 9.36. The monoisotopic (exact) mass is 271 g/mol. The lowest BCUT2D eigenvalue weighted by molar-refractivity contribution is 0.0487. The molecular weight excluding hydrogens is 242 g/mol. The number of rotatable bonds is 11. The molecule has 0 aromatic heterocycles. The largest absolute Gasteiger partial charge is 0.379 e. The van der Waals surface area contributed by atoms with Gasteiger partial charge in [-0.1, -0.05) is 13.3 Å². The van der Waals surface area contributed by atoms with Crippen molar-refractivity contribution in [1.82, 2.24) is 10.6 Å². The maximum Gasteiger partial charge on any atom is 0.191 e. The Morgan fingerprint density at radius 2 is 1.84 bits per heavy atom. The fraction of sp³-hybridized carbons (Fsp3) is 0.929. The van der Waals surface area contributed by atoms with E-state index in [0.29, 0.717) is 19.8 Å². The average Bonchev–Trinajstić information content (AvgIpc) is 3.24. The van der Waals surface area contributed by atoms with Gasteiger partial charge in [-0.05, 0) is 25.2 Å². The van der Waals surface area contributed by atoms with Gasteiger partial charge < -0.3 is 20.1 Å². The van der Waals surface area contributed by atoms with E-state index in [4.69, 9.17) is 9.47 Å². The standard InChI is InChI=1S/C14H29N3O2/c1-3-4-8-18-10-11-19-9-7-16-14(15-2)17-12-13-5-6-13/h13H,3-12H2,1-2H3,(H2,15,16,17). The second-order valence-corrected chi connectivity index (χ2v) is 4.90. The van der Waals surface area contributed by atoms with Gasteiger partial charge in [-0.15, -0.1) is 0 Å². The Kier molecular flexibility index (Phi) is 9.45. The van der Waals surface area contributed by atoms with Crippen LogP contribution in [0.25, 0.3) is 0 Å². The molecule has 0 radical (unpaired) electrons. The molecule has 0 amide bonds. The molecule has 112 valence electrons. The highest BCUT2D eigenvalue weighted by Gasteiger charge is 2.20. The zero-order chi connectivity index (χ0) is 13.8. The second kappa shape index (κ2) is 11.1. The van der Waals surface area contributed by atoms with Crippen LogP contribution in [0.15, 0.2) is 4.99 Å². The molecule has 5 heteroatoms. The first-order valence-corrected chi connectivity index (χ1v) is 7.46. The molecule has 1 aliphatic carbocycles. The molecule has 19 heavy (non-hydrogen) atoms. The van der Waals surface area contributed by atoms with E-state index in [1.807, 2.05) is 0 Å². The van der Waals surface area contributed by atoms with Gasteiger partial charge in [0.25, 0.3) is 0 Å². The molecule has 0 aliphatic heterocycles. The van der Waals surface area contributed by atoms with Crippen LogP contribution in [0.4, 0.5) is 0 Å². The maximum absolute atomic E-state index is 5.48. The van der Waals surface area contributed by atoms with E-state index in [1.54, 1.807) is 7.05 Å². The zero-order valence-electron chi connectivity index (χ0n) is 12.4. The minimum atomic E-state index is 0.666. The predicted molar refractivity (Wildman–Crippen MR) is 78.6 cm³/mol. The zero-order valence-corrected chi connectivity index (χ0v) is 12.4. The van der Waals surface area contributed by atoms with Gasteiger partial charge >= 0.3 is 0 Å². The average molecular weight is 271 g/mol. The van der Waals surface area contributed by atoms with Crippen LogP contribution in [0.1, 0.15) is 32.6 Å². The minimum absolute atomic E-state index is 0.666. The summed E-state index contributed by atoms with van der Waals surface area (Å²) >= 11 is 0. The molecule has 0 bridgehead atoms. The van der Waals surface area contributed by atoms with Crippen molar-refractivity contribution in [3.63, 3.8) is 0 Å². The van der Waals surface area contributed by atoms with E-state index in [2.05, 4.69) is 22.5 Å². The first-order valence-electron chi connectivity index (χ1n) is 7.46. The number of guanidine groups is 1. The Morgan fingerprint density at radius 3 is 2.47 bits per heavy atom. The number of hydrogen-bond donors (Lipinski definition) is 2. The highest BCUT2D eigenvalue weighted by Crippen LogP contribution is 2.27. The Labute approximate surface area is 117 Å². The fourth-order valence-electron chi connectivity index (χ4n) is 1.59. The maximum atomic E-state index is 5.48. The molecule has 0 saturated heterocycles. The van der Waals surface area contributed by atoms with Crippen LogP contribution >= 0.6 is 0 Å². The third-order valence-electron chi connectivity index (χ3n) is 3.03. The molecule has 0 heterocycles. The molecule has 0 aromatic rings. The fourth-order valence-corrected chi connectivity index (χ4v) is 1.59. The lowest BCUT2D eigenvalue weighted by Gasteiger charge is -2.11. The third kappa shape index (κ3) is 9.73. The van der Waals surface area contributed by atoms with Crippen molar-refractivity contribution in [2.45, 2.75) is 32.6 Å². The van der Waals surface area contributed by atoms with E-state index < -0.39 is 0 Å². The Morgan fingerprint density at radius 1 is 1.11 bits per heavy atom. The van der Waals surface area contributed by atoms with Crippen LogP contribution in [-0.4, -0.2) is 52.5 Å². The number of ether oxygens (including phenoxy) is 2. The normalized spacial score (nSPS) is 15.6. The molecule has 1 fully saturated rings. The first kappa shape index (κ1) is 16.2. The van der Waals surface area contributed by atoms with E-state index in [0.717, 1.165) is 38.0 Å². The van der Waals surface area contributed by atoms with Gasteiger partial charge in [-0.2, -0.15) is 0 Å². The molecule has 1 aliphatic rings. The predicted octanol–water partition coefficient (Wildman–Crippen LogP) is 1.39. The van der Waals surface area contributed by atoms with E-state index >= 15 is 0 Å². The van der Waals surface area contributed by atoms with Gasteiger partial charge in [0, 0.05) is 26.7 Å². The van der Waals surface area contributed by atoms with Gasteiger partial charge in [-0.3, -0.25) is 4.99 Å². The molecule has 0 aromatic carbocycles. The summed E-state index contributed by atoms with van der Waals surface area (Å²) in [5, 5.41) is 6.55. The molecule has 5 nitrogen and oxygen atoms in total. The Hall–Kier alpha value is -0.810. The summed E-state index contributed by atoms with van der Waals surface area (Å²) in [7, 11) is 1.80. The van der Waals surface area contributed by atoms with Crippen molar-refractivity contribution < 1.29 is 9.47 Å². The quantitative estimate of drug-likeness (QED) is 0.339. The van der Waals surface area contributed by atoms with Crippen LogP contribution in [0.3, 0.4) is 0 Å². The summed E-state index contributed by atoms with van der Waals surface area (Å²) < 4.78 is 10.9. The van der Waals surface area contributed by atoms with Crippen LogP contribution in [0.5, 0.6) is 0 Å². The van der Waals surface area contributed by atoms with E-state index in [-0.39, 0.29) is 0 Å². The minimum Gasteiger partial charge on any atom is -0.379 e. The molecule has 1 saturated carbocycles. The molecule has 2 N–H and O–H groups in total. The Balaban J connectivity index is 1.82. The van der Waals surface area contributed by atoms with Crippen molar-refractivity contribution in [3.05, 3.63) is 0 Å². The highest BCUT2D eigenvalue weighted by molar-refractivity contribution is 5.79. The Bertz CT molecular complexity index is 243.